The number of rotatable bonds is 18. The summed E-state index contributed by atoms with van der Waals surface area (Å²) in [6, 6.07) is 13.8. The van der Waals surface area contributed by atoms with Gasteiger partial charge in [-0.3, -0.25) is 39.0 Å². The van der Waals surface area contributed by atoms with E-state index in [1.54, 1.807) is 37.4 Å². The molecule has 1 aliphatic carbocycles. The number of imide groups is 2. The molecule has 4 aliphatic rings. The predicted octanol–water partition coefficient (Wildman–Crippen LogP) is 5.58. The molecule has 0 saturated carbocycles. The molecule has 8 rings (SSSR count). The summed E-state index contributed by atoms with van der Waals surface area (Å²) in [5, 5.41) is 11.7. The van der Waals surface area contributed by atoms with Crippen molar-refractivity contribution >= 4 is 41.1 Å². The summed E-state index contributed by atoms with van der Waals surface area (Å²) in [6.45, 7) is 4.26. The fraction of sp³-hybridized carbons (Fsp3) is 0.426. The summed E-state index contributed by atoms with van der Waals surface area (Å²) in [5.74, 6) is -0.111. The normalized spacial score (nSPS) is 17.7. The Hall–Kier alpha value is -6.51. The van der Waals surface area contributed by atoms with Gasteiger partial charge in [-0.25, -0.2) is 4.98 Å². The number of benzene rings is 3. The van der Waals surface area contributed by atoms with Crippen molar-refractivity contribution in [1.82, 2.24) is 30.4 Å². The number of carbonyl (C=O) groups excluding carboxylic acids is 6. The molecule has 15 heteroatoms. The third-order valence-corrected chi connectivity index (χ3v) is 12.3. The van der Waals surface area contributed by atoms with Crippen molar-refractivity contribution in [2.24, 2.45) is 0 Å². The van der Waals surface area contributed by atoms with Crippen LogP contribution >= 0.6 is 0 Å². The molecule has 3 aliphatic heterocycles. The van der Waals surface area contributed by atoms with E-state index in [1.165, 1.54) is 5.56 Å². The lowest BCUT2D eigenvalue weighted by Crippen LogP contribution is -2.54. The van der Waals surface area contributed by atoms with E-state index in [0.29, 0.717) is 55.3 Å². The molecule has 1 fully saturated rings. The number of aromatic nitrogens is 2. The fourth-order valence-electron chi connectivity index (χ4n) is 8.92. The molecular weight excluding hydrogens is 791 g/mol. The molecule has 4 aromatic rings. The molecule has 2 atom stereocenters. The molecule has 4 heterocycles. The van der Waals surface area contributed by atoms with Gasteiger partial charge in [0.1, 0.15) is 23.4 Å². The third kappa shape index (κ3) is 8.93. The Morgan fingerprint density at radius 2 is 1.74 bits per heavy atom. The number of fused-ring (bicyclic) bond motifs is 3. The first-order chi connectivity index (χ1) is 30.1. The van der Waals surface area contributed by atoms with Gasteiger partial charge in [0.2, 0.25) is 17.7 Å². The molecule has 1 unspecified atom stereocenters. The summed E-state index contributed by atoms with van der Waals surface area (Å²) in [4.78, 5) is 82.4. The molecule has 3 aromatic carbocycles. The monoisotopic (exact) mass is 843 g/mol. The number of methoxy groups -OCH3 is 1. The molecular formula is C47H53N7O8. The van der Waals surface area contributed by atoms with Crippen LogP contribution in [0.4, 0.5) is 5.69 Å². The zero-order chi connectivity index (χ0) is 43.3. The van der Waals surface area contributed by atoms with Crippen LogP contribution < -0.4 is 30.7 Å². The summed E-state index contributed by atoms with van der Waals surface area (Å²) in [7, 11) is 1.57. The molecule has 1 saturated heterocycles. The van der Waals surface area contributed by atoms with Gasteiger partial charge in [-0.1, -0.05) is 31.0 Å². The van der Waals surface area contributed by atoms with Crippen molar-refractivity contribution in [3.63, 3.8) is 0 Å². The maximum absolute atomic E-state index is 13.7. The van der Waals surface area contributed by atoms with Gasteiger partial charge in [-0.05, 0) is 93.3 Å². The maximum Gasteiger partial charge on any atom is 0.264 e. The Balaban J connectivity index is 0.737. The number of hydrogen-bond donors (Lipinski definition) is 4. The Morgan fingerprint density at radius 3 is 2.56 bits per heavy atom. The van der Waals surface area contributed by atoms with Crippen LogP contribution in [0.15, 0.2) is 54.7 Å². The lowest BCUT2D eigenvalue weighted by molar-refractivity contribution is -0.136. The van der Waals surface area contributed by atoms with Crippen LogP contribution in [-0.2, 0) is 33.8 Å². The van der Waals surface area contributed by atoms with Crippen molar-refractivity contribution in [3.05, 3.63) is 93.9 Å². The maximum atomic E-state index is 13.7. The smallest absolute Gasteiger partial charge is 0.264 e. The van der Waals surface area contributed by atoms with Gasteiger partial charge >= 0.3 is 0 Å². The topological polar surface area (TPSA) is 190 Å². The van der Waals surface area contributed by atoms with Crippen LogP contribution in [0.5, 0.6) is 11.5 Å². The molecule has 324 valence electrons. The standard InChI is InChI=1S/C47H53N7O8/c1-28-38(61-2)25-31(44(57)51-34-17-16-29-14-15-30(24-33(29)34)36-27-53-22-8-12-40(53)50-36)26-39(28)62-23-9-21-49-41(55)13-5-3-4-6-20-48-35-11-7-10-32-43(35)47(60)54(46(32)59)37-18-19-42(56)52-45(37)58/h7,10-11,14-15,24-27,34,37,48H,3-6,8-9,12-13,16-23H2,1-2H3,(H,49,55)(H,51,57)(H,52,56,58)/t34-,37?/m1/s1. The average Bonchev–Trinajstić information content (AvgIpc) is 4.04. The van der Waals surface area contributed by atoms with E-state index in [0.717, 1.165) is 91.0 Å². The molecule has 62 heavy (non-hydrogen) atoms. The van der Waals surface area contributed by atoms with Crippen molar-refractivity contribution in [3.8, 4) is 22.8 Å². The minimum atomic E-state index is -1.01. The van der Waals surface area contributed by atoms with E-state index in [9.17, 15) is 28.8 Å². The number of anilines is 1. The molecule has 1 aromatic heterocycles. The first-order valence-electron chi connectivity index (χ1n) is 21.8. The lowest BCUT2D eigenvalue weighted by atomic mass is 10.0. The number of aryl methyl sites for hydroxylation is 3. The highest BCUT2D eigenvalue weighted by molar-refractivity contribution is 6.25. The van der Waals surface area contributed by atoms with Gasteiger partial charge in [0.15, 0.2) is 0 Å². The van der Waals surface area contributed by atoms with Crippen molar-refractivity contribution < 1.29 is 38.2 Å². The second kappa shape index (κ2) is 18.6. The first kappa shape index (κ1) is 42.2. The number of piperidine rings is 1. The summed E-state index contributed by atoms with van der Waals surface area (Å²) in [5.41, 5.74) is 6.66. The van der Waals surface area contributed by atoms with Gasteiger partial charge in [-0.15, -0.1) is 0 Å². The molecule has 6 amide bonds. The Bertz CT molecular complexity index is 2400. The van der Waals surface area contributed by atoms with E-state index >= 15 is 0 Å². The highest BCUT2D eigenvalue weighted by Crippen LogP contribution is 2.37. The first-order valence-corrected chi connectivity index (χ1v) is 21.8. The van der Waals surface area contributed by atoms with Gasteiger partial charge in [0.25, 0.3) is 17.7 Å². The van der Waals surface area contributed by atoms with Crippen LogP contribution in [0.25, 0.3) is 11.3 Å². The molecule has 15 nitrogen and oxygen atoms in total. The van der Waals surface area contributed by atoms with E-state index in [1.807, 2.05) is 6.92 Å². The van der Waals surface area contributed by atoms with Crippen molar-refractivity contribution in [2.45, 2.75) is 103 Å². The van der Waals surface area contributed by atoms with Crippen LogP contribution in [0.3, 0.4) is 0 Å². The highest BCUT2D eigenvalue weighted by Gasteiger charge is 2.45. The summed E-state index contributed by atoms with van der Waals surface area (Å²) >= 11 is 0. The Kier molecular flexibility index (Phi) is 12.7. The highest BCUT2D eigenvalue weighted by atomic mass is 16.5. The SMILES string of the molecule is COc1cc(C(=O)N[C@@H]2CCc3ccc(-c4cn5c(n4)CCC5)cc32)cc(OCCCNC(=O)CCCCCCNc2cccc3c2C(=O)N(C2CCC(=O)NC2=O)C3=O)c1C. The lowest BCUT2D eigenvalue weighted by Gasteiger charge is -2.27. The van der Waals surface area contributed by atoms with E-state index in [2.05, 4.69) is 50.2 Å². The molecule has 4 N–H and O–H groups in total. The Morgan fingerprint density at radius 1 is 0.903 bits per heavy atom. The fourth-order valence-corrected chi connectivity index (χ4v) is 8.92. The van der Waals surface area contributed by atoms with E-state index < -0.39 is 29.7 Å². The van der Waals surface area contributed by atoms with Gasteiger partial charge < -0.3 is 30.0 Å². The number of imidazole rings is 1. The second-order valence-electron chi connectivity index (χ2n) is 16.4. The van der Waals surface area contributed by atoms with E-state index in [4.69, 9.17) is 14.5 Å². The van der Waals surface area contributed by atoms with Crippen molar-refractivity contribution in [1.29, 1.82) is 0 Å². The summed E-state index contributed by atoms with van der Waals surface area (Å²) in [6.07, 6.45) is 10.4. The van der Waals surface area contributed by atoms with Crippen LogP contribution in [0.1, 0.15) is 124 Å². The minimum Gasteiger partial charge on any atom is -0.496 e. The molecule has 0 radical (unpaired) electrons. The van der Waals surface area contributed by atoms with Gasteiger partial charge in [-0.2, -0.15) is 0 Å². The summed E-state index contributed by atoms with van der Waals surface area (Å²) < 4.78 is 14.0. The molecule has 0 bridgehead atoms. The van der Waals surface area contributed by atoms with E-state index in [-0.39, 0.29) is 41.8 Å². The third-order valence-electron chi connectivity index (χ3n) is 12.3. The predicted molar refractivity (Wildman–Crippen MR) is 230 cm³/mol. The number of unbranched alkanes of at least 4 members (excludes halogenated alkanes) is 3. The quantitative estimate of drug-likeness (QED) is 0.0727. The number of nitrogens with zero attached hydrogens (tertiary/aromatic N) is 3. The average molecular weight is 844 g/mol. The van der Waals surface area contributed by atoms with Gasteiger partial charge in [0, 0.05) is 67.5 Å². The number of hydrogen-bond acceptors (Lipinski definition) is 10. The van der Waals surface area contributed by atoms with Crippen LogP contribution in [0.2, 0.25) is 0 Å². The molecule has 0 spiro atoms. The minimum absolute atomic E-state index is 0.0302. The van der Waals surface area contributed by atoms with Crippen LogP contribution in [0, 0.1) is 6.92 Å². The van der Waals surface area contributed by atoms with Crippen LogP contribution in [-0.4, -0.2) is 82.7 Å². The van der Waals surface area contributed by atoms with Crippen molar-refractivity contribution in [2.75, 3.05) is 32.1 Å². The number of carbonyl (C=O) groups is 6. The second-order valence-corrected chi connectivity index (χ2v) is 16.4. The number of ether oxygens (including phenoxy) is 2. The Labute approximate surface area is 360 Å². The van der Waals surface area contributed by atoms with Gasteiger partial charge in [0.05, 0.1) is 36.6 Å². The number of amides is 6. The zero-order valence-corrected chi connectivity index (χ0v) is 35.3. The largest absolute Gasteiger partial charge is 0.496 e. The zero-order valence-electron chi connectivity index (χ0n) is 35.3. The number of nitrogens with one attached hydrogen (secondary N) is 4.